The molecule has 0 aromatic heterocycles. The number of nitro benzene ring substituents is 1. The Morgan fingerprint density at radius 2 is 2.10 bits per heavy atom. The molecular formula is C13H18N2O4S. The molecule has 0 radical (unpaired) electrons. The Morgan fingerprint density at radius 3 is 2.65 bits per heavy atom. The highest BCUT2D eigenvalue weighted by atomic mass is 32.2. The molecule has 1 atom stereocenters. The Bertz CT molecular complexity index is 625. The largest absolute Gasteiger partial charge is 0.270 e. The van der Waals surface area contributed by atoms with Crippen LogP contribution in [0, 0.1) is 15.5 Å². The topological polar surface area (TPSA) is 89.3 Å². The Hall–Kier alpha value is -1.47. The molecule has 1 aromatic rings. The van der Waals surface area contributed by atoms with E-state index in [-0.39, 0.29) is 22.0 Å². The van der Waals surface area contributed by atoms with Gasteiger partial charge >= 0.3 is 0 Å². The van der Waals surface area contributed by atoms with E-state index in [1.54, 1.807) is 0 Å². The molecule has 0 aliphatic heterocycles. The molecule has 0 amide bonds. The molecular weight excluding hydrogens is 280 g/mol. The maximum atomic E-state index is 12.2. The van der Waals surface area contributed by atoms with Crippen LogP contribution in [0.1, 0.15) is 33.1 Å². The van der Waals surface area contributed by atoms with Crippen molar-refractivity contribution in [1.29, 1.82) is 0 Å². The normalized spacial score (nSPS) is 21.8. The summed E-state index contributed by atoms with van der Waals surface area (Å²) in [7, 11) is -3.70. The molecule has 0 saturated heterocycles. The predicted molar refractivity (Wildman–Crippen MR) is 74.8 cm³/mol. The van der Waals surface area contributed by atoms with Crippen LogP contribution in [0.25, 0.3) is 0 Å². The number of sulfonamides is 1. The fourth-order valence-corrected chi connectivity index (χ4v) is 3.90. The maximum absolute atomic E-state index is 12.2. The molecule has 1 unspecified atom stereocenters. The molecule has 0 heterocycles. The van der Waals surface area contributed by atoms with Crippen LogP contribution in [0.15, 0.2) is 29.2 Å². The van der Waals surface area contributed by atoms with Crippen LogP contribution in [0.4, 0.5) is 5.69 Å². The van der Waals surface area contributed by atoms with Crippen molar-refractivity contribution in [3.05, 3.63) is 34.4 Å². The minimum Gasteiger partial charge on any atom is -0.258 e. The molecule has 0 spiro atoms. The number of nitrogens with zero attached hydrogens (tertiary/aromatic N) is 1. The second-order valence-corrected chi connectivity index (χ2v) is 7.69. The van der Waals surface area contributed by atoms with Crippen LogP contribution < -0.4 is 4.72 Å². The van der Waals surface area contributed by atoms with Gasteiger partial charge in [-0.25, -0.2) is 13.1 Å². The molecule has 1 saturated carbocycles. The van der Waals surface area contributed by atoms with Gasteiger partial charge in [0, 0.05) is 18.2 Å². The molecule has 20 heavy (non-hydrogen) atoms. The lowest BCUT2D eigenvalue weighted by atomic mass is 9.92. The Labute approximate surface area is 118 Å². The van der Waals surface area contributed by atoms with Gasteiger partial charge in [-0.2, -0.15) is 0 Å². The summed E-state index contributed by atoms with van der Waals surface area (Å²) in [5, 5.41) is 10.7. The zero-order valence-corrected chi connectivity index (χ0v) is 12.3. The highest BCUT2D eigenvalue weighted by molar-refractivity contribution is 7.89. The first-order valence-electron chi connectivity index (χ1n) is 6.46. The van der Waals surface area contributed by atoms with Crippen molar-refractivity contribution < 1.29 is 13.3 Å². The molecule has 1 N–H and O–H groups in total. The number of hydrogen-bond donors (Lipinski definition) is 1. The second kappa shape index (κ2) is 5.14. The van der Waals surface area contributed by atoms with Gasteiger partial charge in [0.05, 0.1) is 9.82 Å². The highest BCUT2D eigenvalue weighted by Crippen LogP contribution is 2.37. The average molecular weight is 298 g/mol. The number of non-ortho nitro benzene ring substituents is 1. The van der Waals surface area contributed by atoms with Crippen LogP contribution in [-0.4, -0.2) is 19.4 Å². The van der Waals surface area contributed by atoms with Crippen molar-refractivity contribution in [3.8, 4) is 0 Å². The molecule has 1 aliphatic rings. The first-order chi connectivity index (χ1) is 9.20. The minimum absolute atomic E-state index is 0.0589. The Balaban J connectivity index is 2.19. The van der Waals surface area contributed by atoms with Gasteiger partial charge in [-0.1, -0.05) is 19.9 Å². The van der Waals surface area contributed by atoms with Crippen LogP contribution in [0.3, 0.4) is 0 Å². The number of nitro groups is 1. The lowest BCUT2D eigenvalue weighted by Gasteiger charge is -2.17. The van der Waals surface area contributed by atoms with E-state index in [9.17, 15) is 18.5 Å². The standard InChI is InChI=1S/C13H18N2O4S/c1-13(2)7-6-10(9-13)14-20(18,19)12-5-3-4-11(8-12)15(16)17/h3-5,8,10,14H,6-7,9H2,1-2H3. The van der Waals surface area contributed by atoms with Crippen LogP contribution in [0.5, 0.6) is 0 Å². The zero-order valence-electron chi connectivity index (χ0n) is 11.5. The van der Waals surface area contributed by atoms with E-state index in [4.69, 9.17) is 0 Å². The molecule has 1 fully saturated rings. The Kier molecular flexibility index (Phi) is 3.84. The van der Waals surface area contributed by atoms with Crippen LogP contribution in [-0.2, 0) is 10.0 Å². The lowest BCUT2D eigenvalue weighted by Crippen LogP contribution is -2.33. The fraction of sp³-hybridized carbons (Fsp3) is 0.538. The van der Waals surface area contributed by atoms with Gasteiger partial charge in [0.25, 0.3) is 5.69 Å². The monoisotopic (exact) mass is 298 g/mol. The summed E-state index contributed by atoms with van der Waals surface area (Å²) in [6.45, 7) is 4.21. The average Bonchev–Trinajstić information content (AvgIpc) is 2.68. The van der Waals surface area contributed by atoms with E-state index in [1.807, 2.05) is 0 Å². The predicted octanol–water partition coefficient (Wildman–Crippen LogP) is 2.45. The summed E-state index contributed by atoms with van der Waals surface area (Å²) in [4.78, 5) is 10.0. The number of benzene rings is 1. The first-order valence-corrected chi connectivity index (χ1v) is 7.95. The minimum atomic E-state index is -3.70. The van der Waals surface area contributed by atoms with Gasteiger partial charge in [0.15, 0.2) is 0 Å². The van der Waals surface area contributed by atoms with Crippen molar-refractivity contribution in [2.45, 2.75) is 44.0 Å². The lowest BCUT2D eigenvalue weighted by molar-refractivity contribution is -0.385. The number of hydrogen-bond acceptors (Lipinski definition) is 4. The van der Waals surface area contributed by atoms with Crippen LogP contribution in [0.2, 0.25) is 0 Å². The van der Waals surface area contributed by atoms with Crippen molar-refractivity contribution in [2.24, 2.45) is 5.41 Å². The molecule has 1 aromatic carbocycles. The molecule has 0 bridgehead atoms. The third kappa shape index (κ3) is 3.34. The van der Waals surface area contributed by atoms with Gasteiger partial charge in [-0.3, -0.25) is 10.1 Å². The molecule has 2 rings (SSSR count). The smallest absolute Gasteiger partial charge is 0.258 e. The van der Waals surface area contributed by atoms with E-state index in [2.05, 4.69) is 18.6 Å². The van der Waals surface area contributed by atoms with Gasteiger partial charge in [-0.05, 0) is 30.7 Å². The van der Waals surface area contributed by atoms with Gasteiger partial charge in [-0.15, -0.1) is 0 Å². The van der Waals surface area contributed by atoms with E-state index < -0.39 is 14.9 Å². The fourth-order valence-electron chi connectivity index (χ4n) is 2.59. The van der Waals surface area contributed by atoms with Crippen molar-refractivity contribution in [2.75, 3.05) is 0 Å². The van der Waals surface area contributed by atoms with Crippen molar-refractivity contribution >= 4 is 15.7 Å². The number of rotatable bonds is 4. The summed E-state index contributed by atoms with van der Waals surface area (Å²) in [5.41, 5.74) is -0.0878. The van der Waals surface area contributed by atoms with Gasteiger partial charge in [0.2, 0.25) is 10.0 Å². The summed E-state index contributed by atoms with van der Waals surface area (Å²) >= 11 is 0. The molecule has 1 aliphatic carbocycles. The quantitative estimate of drug-likeness (QED) is 0.683. The summed E-state index contributed by atoms with van der Waals surface area (Å²) < 4.78 is 27.1. The van der Waals surface area contributed by atoms with Gasteiger partial charge < -0.3 is 0 Å². The molecule has 7 heteroatoms. The van der Waals surface area contributed by atoms with Crippen molar-refractivity contribution in [3.63, 3.8) is 0 Å². The van der Waals surface area contributed by atoms with E-state index in [0.717, 1.165) is 25.3 Å². The third-order valence-corrected chi connectivity index (χ3v) is 5.15. The highest BCUT2D eigenvalue weighted by Gasteiger charge is 2.33. The zero-order chi connectivity index (χ0) is 15.0. The molecule has 6 nitrogen and oxygen atoms in total. The Morgan fingerprint density at radius 1 is 1.40 bits per heavy atom. The van der Waals surface area contributed by atoms with Gasteiger partial charge in [0.1, 0.15) is 0 Å². The summed E-state index contributed by atoms with van der Waals surface area (Å²) in [6.07, 6.45) is 2.54. The van der Waals surface area contributed by atoms with Crippen molar-refractivity contribution in [1.82, 2.24) is 4.72 Å². The van der Waals surface area contributed by atoms with E-state index >= 15 is 0 Å². The third-order valence-electron chi connectivity index (χ3n) is 3.63. The SMILES string of the molecule is CC1(C)CCC(NS(=O)(=O)c2cccc([N+](=O)[O-])c2)C1. The maximum Gasteiger partial charge on any atom is 0.270 e. The number of nitrogens with one attached hydrogen (secondary N) is 1. The second-order valence-electron chi connectivity index (χ2n) is 5.98. The van der Waals surface area contributed by atoms with Crippen LogP contribution >= 0.6 is 0 Å². The molecule has 110 valence electrons. The summed E-state index contributed by atoms with van der Waals surface area (Å²) in [6, 6.07) is 5.01. The van der Waals surface area contributed by atoms with E-state index in [1.165, 1.54) is 18.2 Å². The summed E-state index contributed by atoms with van der Waals surface area (Å²) in [5.74, 6) is 0. The first kappa shape index (κ1) is 14.9. The van der Waals surface area contributed by atoms with E-state index in [0.29, 0.717) is 0 Å².